The molecule has 0 heterocycles. The van der Waals surface area contributed by atoms with E-state index in [-0.39, 0.29) is 45.4 Å². The first-order chi connectivity index (χ1) is 29.1. The fourth-order valence-electron chi connectivity index (χ4n) is 7.13. The average Bonchev–Trinajstić information content (AvgIpc) is 3.22. The van der Waals surface area contributed by atoms with Crippen molar-refractivity contribution in [3.63, 3.8) is 0 Å². The Hall–Kier alpha value is -2.01. The molecule has 13 heteroatoms. The number of unbranched alkanes of at least 4 members (excludes halogenated alkanes) is 30. The van der Waals surface area contributed by atoms with Gasteiger partial charge < -0.3 is 24.8 Å². The Kier molecular flexibility index (Phi) is 42.2. The summed E-state index contributed by atoms with van der Waals surface area (Å²) in [6, 6.07) is 0. The van der Waals surface area contributed by atoms with Crippen LogP contribution in [0.3, 0.4) is 0 Å². The zero-order chi connectivity index (χ0) is 44.2. The maximum atomic E-state index is 12.7. The standard InChI is InChI=1S/C47H90NO11P/c1-3-5-7-9-11-13-15-17-19-21-23-25-27-29-31-33-35-46(52)56-41-43(42-58-60(54,55)57-40-39-48-44(49)37-38-45(50)51)59-47(53)36-34-32-30-28-26-24-22-20-18-16-14-12-10-8-6-4-2/h43H,3-42H2,1-2H3,(H,48,49)(H,50,51)(H,54,55). The lowest BCUT2D eigenvalue weighted by Gasteiger charge is -2.20. The third kappa shape index (κ3) is 44.1. The van der Waals surface area contributed by atoms with E-state index in [9.17, 15) is 28.6 Å². The summed E-state index contributed by atoms with van der Waals surface area (Å²) < 4.78 is 33.4. The molecule has 12 nitrogen and oxygen atoms in total. The van der Waals surface area contributed by atoms with E-state index in [1.54, 1.807) is 0 Å². The number of carboxylic acid groups (broad SMARTS) is 1. The summed E-state index contributed by atoms with van der Waals surface area (Å²) in [5.74, 6) is -2.57. The molecule has 0 radical (unpaired) electrons. The van der Waals surface area contributed by atoms with Crippen molar-refractivity contribution < 1.29 is 52.3 Å². The topological polar surface area (TPSA) is 175 Å². The van der Waals surface area contributed by atoms with Crippen LogP contribution in [0.2, 0.25) is 0 Å². The van der Waals surface area contributed by atoms with E-state index in [0.29, 0.717) is 12.8 Å². The molecule has 0 rings (SSSR count). The number of carbonyl (C=O) groups is 4. The van der Waals surface area contributed by atoms with Crippen LogP contribution in [0.5, 0.6) is 0 Å². The Morgan fingerprint density at radius 1 is 0.483 bits per heavy atom. The maximum Gasteiger partial charge on any atom is 0.472 e. The van der Waals surface area contributed by atoms with Gasteiger partial charge in [-0.15, -0.1) is 0 Å². The smallest absolute Gasteiger partial charge is 0.472 e. The van der Waals surface area contributed by atoms with Crippen LogP contribution in [0.25, 0.3) is 0 Å². The van der Waals surface area contributed by atoms with Crippen molar-refractivity contribution in [2.75, 3.05) is 26.4 Å². The Morgan fingerprint density at radius 2 is 0.850 bits per heavy atom. The highest BCUT2D eigenvalue weighted by molar-refractivity contribution is 7.47. The van der Waals surface area contributed by atoms with Crippen molar-refractivity contribution in [3.8, 4) is 0 Å². The van der Waals surface area contributed by atoms with Crippen LogP contribution in [0.4, 0.5) is 0 Å². The zero-order valence-corrected chi connectivity index (χ0v) is 39.3. The molecule has 1 amide bonds. The molecule has 0 aliphatic carbocycles. The number of phosphoric acid groups is 1. The van der Waals surface area contributed by atoms with Crippen LogP contribution < -0.4 is 5.32 Å². The van der Waals surface area contributed by atoms with Crippen molar-refractivity contribution in [2.24, 2.45) is 0 Å². The van der Waals surface area contributed by atoms with E-state index in [1.807, 2.05) is 0 Å². The summed E-state index contributed by atoms with van der Waals surface area (Å²) in [4.78, 5) is 57.7. The van der Waals surface area contributed by atoms with Crippen molar-refractivity contribution in [1.82, 2.24) is 5.32 Å². The number of nitrogens with one attached hydrogen (secondary N) is 1. The lowest BCUT2D eigenvalue weighted by atomic mass is 10.0. The van der Waals surface area contributed by atoms with Gasteiger partial charge in [-0.05, 0) is 12.8 Å². The summed E-state index contributed by atoms with van der Waals surface area (Å²) in [5.41, 5.74) is 0. The van der Waals surface area contributed by atoms with Gasteiger partial charge in [0.2, 0.25) is 5.91 Å². The maximum absolute atomic E-state index is 12.7. The molecule has 354 valence electrons. The monoisotopic (exact) mass is 876 g/mol. The molecule has 0 aromatic carbocycles. The molecule has 0 saturated carbocycles. The quantitative estimate of drug-likeness (QED) is 0.0301. The third-order valence-corrected chi connectivity index (χ3v) is 11.8. The Labute approximate surface area is 365 Å². The number of amides is 1. The highest BCUT2D eigenvalue weighted by atomic mass is 31.2. The molecule has 0 aromatic heterocycles. The van der Waals surface area contributed by atoms with Crippen LogP contribution in [0.15, 0.2) is 0 Å². The fraction of sp³-hybridized carbons (Fsp3) is 0.915. The van der Waals surface area contributed by atoms with E-state index >= 15 is 0 Å². The van der Waals surface area contributed by atoms with Gasteiger partial charge >= 0.3 is 25.7 Å². The molecule has 0 saturated heterocycles. The molecule has 0 aliphatic rings. The van der Waals surface area contributed by atoms with E-state index in [2.05, 4.69) is 19.2 Å². The zero-order valence-electron chi connectivity index (χ0n) is 38.4. The highest BCUT2D eigenvalue weighted by Gasteiger charge is 2.26. The minimum absolute atomic E-state index is 0.138. The Balaban J connectivity index is 4.41. The van der Waals surface area contributed by atoms with Gasteiger partial charge in [0.25, 0.3) is 0 Å². The minimum Gasteiger partial charge on any atom is -0.481 e. The van der Waals surface area contributed by atoms with Crippen LogP contribution in [-0.4, -0.2) is 66.3 Å². The number of hydrogen-bond donors (Lipinski definition) is 3. The van der Waals surface area contributed by atoms with Crippen LogP contribution in [0, 0.1) is 0 Å². The summed E-state index contributed by atoms with van der Waals surface area (Å²) in [6.07, 6.45) is 38.2. The first-order valence-corrected chi connectivity index (χ1v) is 26.0. The number of rotatable bonds is 47. The normalized spacial score (nSPS) is 12.8. The number of carbonyl (C=O) groups excluding carboxylic acids is 3. The number of phosphoric ester groups is 1. The Bertz CT molecular complexity index is 1080. The van der Waals surface area contributed by atoms with Gasteiger partial charge in [0.1, 0.15) is 6.61 Å². The predicted octanol–water partition coefficient (Wildman–Crippen LogP) is 12.9. The molecule has 0 aromatic rings. The molecule has 60 heavy (non-hydrogen) atoms. The second kappa shape index (κ2) is 43.6. The van der Waals surface area contributed by atoms with E-state index in [1.165, 1.54) is 154 Å². The van der Waals surface area contributed by atoms with Crippen LogP contribution in [0.1, 0.15) is 245 Å². The fourth-order valence-corrected chi connectivity index (χ4v) is 7.88. The molecule has 0 bridgehead atoms. The van der Waals surface area contributed by atoms with Gasteiger partial charge in [-0.3, -0.25) is 28.2 Å². The summed E-state index contributed by atoms with van der Waals surface area (Å²) >= 11 is 0. The number of ether oxygens (including phenoxy) is 2. The van der Waals surface area contributed by atoms with Gasteiger partial charge in [0.15, 0.2) is 6.10 Å². The van der Waals surface area contributed by atoms with E-state index in [0.717, 1.165) is 38.5 Å². The highest BCUT2D eigenvalue weighted by Crippen LogP contribution is 2.43. The van der Waals surface area contributed by atoms with E-state index in [4.69, 9.17) is 23.6 Å². The second-order valence-corrected chi connectivity index (χ2v) is 18.2. The minimum atomic E-state index is -4.61. The van der Waals surface area contributed by atoms with Gasteiger partial charge in [0, 0.05) is 25.8 Å². The number of carboxylic acids is 1. The summed E-state index contributed by atoms with van der Waals surface area (Å²) in [5, 5.41) is 11.1. The predicted molar refractivity (Wildman–Crippen MR) is 241 cm³/mol. The van der Waals surface area contributed by atoms with Gasteiger partial charge in [-0.2, -0.15) is 0 Å². The largest absolute Gasteiger partial charge is 0.481 e. The lowest BCUT2D eigenvalue weighted by Crippen LogP contribution is -2.30. The molecular formula is C47H90NO11P. The van der Waals surface area contributed by atoms with Gasteiger partial charge in [0.05, 0.1) is 19.6 Å². The lowest BCUT2D eigenvalue weighted by molar-refractivity contribution is -0.161. The van der Waals surface area contributed by atoms with Crippen LogP contribution >= 0.6 is 7.82 Å². The van der Waals surface area contributed by atoms with E-state index < -0.39 is 44.3 Å². The Morgan fingerprint density at radius 3 is 1.23 bits per heavy atom. The van der Waals surface area contributed by atoms with Crippen LogP contribution in [-0.2, 0) is 42.3 Å². The summed E-state index contributed by atoms with van der Waals surface area (Å²) in [6.45, 7) is 3.15. The summed E-state index contributed by atoms with van der Waals surface area (Å²) in [7, 11) is -4.61. The van der Waals surface area contributed by atoms with Gasteiger partial charge in [-0.25, -0.2) is 4.57 Å². The number of esters is 2. The first-order valence-electron chi connectivity index (χ1n) is 24.5. The first kappa shape index (κ1) is 58.0. The van der Waals surface area contributed by atoms with Crippen molar-refractivity contribution >= 4 is 31.6 Å². The van der Waals surface area contributed by atoms with Crippen molar-refractivity contribution in [3.05, 3.63) is 0 Å². The molecule has 0 aliphatic heterocycles. The van der Waals surface area contributed by atoms with Crippen molar-refractivity contribution in [2.45, 2.75) is 251 Å². The van der Waals surface area contributed by atoms with Crippen molar-refractivity contribution in [1.29, 1.82) is 0 Å². The molecule has 0 fully saturated rings. The average molecular weight is 876 g/mol. The second-order valence-electron chi connectivity index (χ2n) is 16.7. The molecule has 2 unspecified atom stereocenters. The molecule has 2 atom stereocenters. The number of hydrogen-bond acceptors (Lipinski definition) is 9. The third-order valence-electron chi connectivity index (χ3n) is 10.9. The van der Waals surface area contributed by atoms with Gasteiger partial charge in [-0.1, -0.05) is 206 Å². The molecule has 3 N–H and O–H groups in total. The molecule has 0 spiro atoms. The SMILES string of the molecule is CCCCCCCCCCCCCCCCCCC(=O)OCC(COP(=O)(O)OCCNC(=O)CCC(=O)O)OC(=O)CCCCCCCCCCCCCCCCCC. The number of aliphatic carboxylic acids is 1. The molecular weight excluding hydrogens is 785 g/mol.